The normalized spacial score (nSPS) is 12.2. The number of methoxy groups -OCH3 is 1. The number of nitro groups is 1. The molecule has 0 saturated carbocycles. The second kappa shape index (κ2) is 16.0. The van der Waals surface area contributed by atoms with Crippen LogP contribution >= 0.6 is 0 Å². The van der Waals surface area contributed by atoms with Gasteiger partial charge in [-0.25, -0.2) is 0 Å². The highest BCUT2D eigenvalue weighted by molar-refractivity contribution is 5.68. The monoisotopic (exact) mass is 337 g/mol. The van der Waals surface area contributed by atoms with Crippen molar-refractivity contribution in [2.75, 3.05) is 7.11 Å². The predicted octanol–water partition coefficient (Wildman–Crippen LogP) is 5.35. The third-order valence-electron chi connectivity index (χ3n) is 3.59. The van der Waals surface area contributed by atoms with Gasteiger partial charge in [-0.05, 0) is 38.2 Å². The topological polar surface area (TPSA) is 69.4 Å². The lowest BCUT2D eigenvalue weighted by Gasteiger charge is -1.99. The van der Waals surface area contributed by atoms with Crippen molar-refractivity contribution in [3.8, 4) is 0 Å². The Morgan fingerprint density at radius 3 is 2.38 bits per heavy atom. The van der Waals surface area contributed by atoms with E-state index in [2.05, 4.69) is 16.9 Å². The van der Waals surface area contributed by atoms with Crippen molar-refractivity contribution in [3.05, 3.63) is 46.2 Å². The van der Waals surface area contributed by atoms with Crippen LogP contribution in [0.25, 0.3) is 0 Å². The van der Waals surface area contributed by atoms with Crippen LogP contribution in [-0.4, -0.2) is 18.0 Å². The molecule has 0 spiro atoms. The minimum atomic E-state index is -0.311. The highest BCUT2D eigenvalue weighted by Gasteiger charge is 2.05. The molecule has 5 nitrogen and oxygen atoms in total. The summed E-state index contributed by atoms with van der Waals surface area (Å²) in [7, 11) is 1.42. The highest BCUT2D eigenvalue weighted by atomic mass is 16.6. The van der Waals surface area contributed by atoms with Crippen LogP contribution in [0.3, 0.4) is 0 Å². The summed E-state index contributed by atoms with van der Waals surface area (Å²) in [5.74, 6) is -0.124. The zero-order valence-corrected chi connectivity index (χ0v) is 15.0. The molecule has 0 aromatic rings. The first-order valence-corrected chi connectivity index (χ1v) is 8.82. The van der Waals surface area contributed by atoms with Crippen LogP contribution in [0, 0.1) is 10.1 Å². The van der Waals surface area contributed by atoms with E-state index in [0.717, 1.165) is 38.5 Å². The lowest BCUT2D eigenvalue weighted by molar-refractivity contribution is -0.427. The second-order valence-electron chi connectivity index (χ2n) is 5.63. The molecular formula is C19H31NO4. The molecule has 0 N–H and O–H groups in total. The van der Waals surface area contributed by atoms with Crippen molar-refractivity contribution in [2.24, 2.45) is 0 Å². The molecule has 0 unspecified atom stereocenters. The van der Waals surface area contributed by atoms with Crippen molar-refractivity contribution < 1.29 is 14.5 Å². The smallest absolute Gasteiger partial charge is 0.305 e. The van der Waals surface area contributed by atoms with Crippen molar-refractivity contribution in [1.29, 1.82) is 0 Å². The summed E-state index contributed by atoms with van der Waals surface area (Å²) >= 11 is 0. The van der Waals surface area contributed by atoms with E-state index in [1.54, 1.807) is 6.08 Å². The maximum Gasteiger partial charge on any atom is 0.305 e. The molecule has 0 aliphatic heterocycles. The van der Waals surface area contributed by atoms with E-state index in [1.165, 1.54) is 13.5 Å². The van der Waals surface area contributed by atoms with Gasteiger partial charge >= 0.3 is 5.97 Å². The summed E-state index contributed by atoms with van der Waals surface area (Å²) in [5.41, 5.74) is 0.268. The van der Waals surface area contributed by atoms with Gasteiger partial charge in [0.2, 0.25) is 5.70 Å². The van der Waals surface area contributed by atoms with Crippen LogP contribution < -0.4 is 0 Å². The summed E-state index contributed by atoms with van der Waals surface area (Å²) in [6.07, 6.45) is 18.7. The molecule has 0 aliphatic carbocycles. The maximum absolute atomic E-state index is 10.9. The number of esters is 1. The van der Waals surface area contributed by atoms with Crippen LogP contribution in [0.5, 0.6) is 0 Å². The van der Waals surface area contributed by atoms with Gasteiger partial charge in [-0.2, -0.15) is 0 Å². The van der Waals surface area contributed by atoms with Crippen LogP contribution in [0.1, 0.15) is 71.1 Å². The Labute approximate surface area is 145 Å². The Kier molecular flexibility index (Phi) is 14.7. The van der Waals surface area contributed by atoms with Crippen LogP contribution in [0.15, 0.2) is 36.1 Å². The van der Waals surface area contributed by atoms with E-state index in [4.69, 9.17) is 0 Å². The quantitative estimate of drug-likeness (QED) is 0.141. The van der Waals surface area contributed by atoms with Gasteiger partial charge in [0.15, 0.2) is 0 Å². The average Bonchev–Trinajstić information content (AvgIpc) is 2.57. The first-order chi connectivity index (χ1) is 11.6. The van der Waals surface area contributed by atoms with E-state index < -0.39 is 0 Å². The second-order valence-corrected chi connectivity index (χ2v) is 5.63. The molecule has 0 fully saturated rings. The minimum Gasteiger partial charge on any atom is -0.469 e. The van der Waals surface area contributed by atoms with E-state index >= 15 is 0 Å². The van der Waals surface area contributed by atoms with Gasteiger partial charge in [-0.3, -0.25) is 14.9 Å². The number of rotatable bonds is 14. The third-order valence-corrected chi connectivity index (χ3v) is 3.59. The fourth-order valence-corrected chi connectivity index (χ4v) is 2.22. The Morgan fingerprint density at radius 1 is 1.04 bits per heavy atom. The van der Waals surface area contributed by atoms with Gasteiger partial charge in [-0.1, -0.05) is 50.5 Å². The van der Waals surface area contributed by atoms with Gasteiger partial charge in [0.05, 0.1) is 18.5 Å². The van der Waals surface area contributed by atoms with Crippen molar-refractivity contribution in [2.45, 2.75) is 71.1 Å². The van der Waals surface area contributed by atoms with Gasteiger partial charge in [0.1, 0.15) is 0 Å². The SMILES string of the molecule is CC/C=C(\C/C=C\C/C=C\CCCCCCCC(=O)OC)[N+](=O)[O-]. The molecule has 0 aromatic heterocycles. The Hall–Kier alpha value is -1.91. The molecule has 0 heterocycles. The molecule has 0 aromatic carbocycles. The number of allylic oxidation sites excluding steroid dienone is 5. The summed E-state index contributed by atoms with van der Waals surface area (Å²) in [4.78, 5) is 21.4. The minimum absolute atomic E-state index is 0.124. The summed E-state index contributed by atoms with van der Waals surface area (Å²) in [5, 5.41) is 10.7. The first kappa shape index (κ1) is 22.1. The molecule has 0 radical (unpaired) electrons. The third kappa shape index (κ3) is 13.7. The number of carbonyl (C=O) groups is 1. The Balaban J connectivity index is 3.56. The summed E-state index contributed by atoms with van der Waals surface area (Å²) in [6, 6.07) is 0. The fourth-order valence-electron chi connectivity index (χ4n) is 2.22. The van der Waals surface area contributed by atoms with Gasteiger partial charge in [0.25, 0.3) is 0 Å². The zero-order chi connectivity index (χ0) is 18.0. The fraction of sp³-hybridized carbons (Fsp3) is 0.632. The number of hydrogen-bond donors (Lipinski definition) is 0. The standard InChI is InChI=1S/C19H31NO4/c1-3-15-18(20(22)23)16-13-11-9-7-5-4-6-8-10-12-14-17-19(21)24-2/h5,7,11,13,15H,3-4,6,8-10,12,14,16-17H2,1-2H3/b7-5-,13-11-,18-15+. The molecule has 0 atom stereocenters. The van der Waals surface area contributed by atoms with Gasteiger partial charge < -0.3 is 4.74 Å². The average molecular weight is 337 g/mol. The molecule has 24 heavy (non-hydrogen) atoms. The molecule has 5 heteroatoms. The molecule has 0 amide bonds. The molecule has 0 aliphatic rings. The number of carbonyl (C=O) groups excluding carboxylic acids is 1. The van der Waals surface area contributed by atoms with Crippen LogP contribution in [-0.2, 0) is 9.53 Å². The van der Waals surface area contributed by atoms with Crippen molar-refractivity contribution in [3.63, 3.8) is 0 Å². The Morgan fingerprint density at radius 2 is 1.71 bits per heavy atom. The lowest BCUT2D eigenvalue weighted by Crippen LogP contribution is -1.98. The van der Waals surface area contributed by atoms with E-state index in [1.807, 2.05) is 19.1 Å². The van der Waals surface area contributed by atoms with Gasteiger partial charge in [0, 0.05) is 6.42 Å². The zero-order valence-electron chi connectivity index (χ0n) is 15.0. The van der Waals surface area contributed by atoms with Crippen LogP contribution in [0.2, 0.25) is 0 Å². The highest BCUT2D eigenvalue weighted by Crippen LogP contribution is 2.09. The number of hydrogen-bond acceptors (Lipinski definition) is 4. The molecule has 0 bridgehead atoms. The van der Waals surface area contributed by atoms with E-state index in [-0.39, 0.29) is 16.6 Å². The molecule has 136 valence electrons. The lowest BCUT2D eigenvalue weighted by atomic mass is 10.1. The first-order valence-electron chi connectivity index (χ1n) is 8.82. The largest absolute Gasteiger partial charge is 0.469 e. The summed E-state index contributed by atoms with van der Waals surface area (Å²) in [6.45, 7) is 1.90. The Bertz CT molecular complexity index is 439. The number of nitrogens with zero attached hydrogens (tertiary/aromatic N) is 1. The van der Waals surface area contributed by atoms with E-state index in [0.29, 0.717) is 19.3 Å². The summed E-state index contributed by atoms with van der Waals surface area (Å²) < 4.78 is 4.60. The van der Waals surface area contributed by atoms with Crippen molar-refractivity contribution in [1.82, 2.24) is 0 Å². The number of ether oxygens (including phenoxy) is 1. The maximum atomic E-state index is 10.9. The molecule has 0 saturated heterocycles. The van der Waals surface area contributed by atoms with Crippen LogP contribution in [0.4, 0.5) is 0 Å². The predicted molar refractivity (Wildman–Crippen MR) is 97.2 cm³/mol. The molecular weight excluding hydrogens is 306 g/mol. The van der Waals surface area contributed by atoms with Gasteiger partial charge in [-0.15, -0.1) is 0 Å². The number of unbranched alkanes of at least 4 members (excludes halogenated alkanes) is 5. The molecule has 0 rings (SSSR count). The van der Waals surface area contributed by atoms with Crippen molar-refractivity contribution >= 4 is 5.97 Å². The van der Waals surface area contributed by atoms with E-state index in [9.17, 15) is 14.9 Å².